The lowest BCUT2D eigenvalue weighted by molar-refractivity contribution is -0.127. The highest BCUT2D eigenvalue weighted by molar-refractivity contribution is 9.10. The number of alkyl halides is 1. The van der Waals surface area contributed by atoms with E-state index in [0.717, 1.165) is 25.9 Å². The smallest absolute Gasteiger partial charge is 0.214 e. The molecule has 3 rings (SSSR count). The standard InChI is InChI=1S/C15H25BrN2O3S/c1-14-5-4-11(12(16)13(14)19)15(14,2)10-22(20,21)18-8-6-17(3)7-9-18/h11-12H,4-10H2,1-3H3/t11-,12+,14+,15+/m1/s1. The van der Waals surface area contributed by atoms with Crippen molar-refractivity contribution in [3.63, 3.8) is 0 Å². The average Bonchev–Trinajstić information content (AvgIpc) is 2.75. The molecule has 0 aromatic carbocycles. The second-order valence-corrected chi connectivity index (χ2v) is 10.6. The first-order valence-corrected chi connectivity index (χ1v) is 10.5. The number of fused-ring (bicyclic) bond motifs is 2. The van der Waals surface area contributed by atoms with Crippen LogP contribution in [0, 0.1) is 16.7 Å². The molecule has 4 atom stereocenters. The molecule has 1 aliphatic heterocycles. The third-order valence-electron chi connectivity index (χ3n) is 6.52. The van der Waals surface area contributed by atoms with Crippen molar-refractivity contribution in [2.24, 2.45) is 16.7 Å². The maximum Gasteiger partial charge on any atom is 0.214 e. The SMILES string of the molecule is CN1CCN(S(=O)(=O)C[C@@]2(C)[C@@H]3CC[C@@]2(C)C(=O)[C@H]3Br)CC1. The molecular weight excluding hydrogens is 368 g/mol. The van der Waals surface area contributed by atoms with E-state index in [2.05, 4.69) is 20.8 Å². The molecular formula is C15H25BrN2O3S. The Hall–Kier alpha value is 0.0200. The van der Waals surface area contributed by atoms with E-state index in [1.165, 1.54) is 0 Å². The van der Waals surface area contributed by atoms with Gasteiger partial charge in [-0.2, -0.15) is 4.31 Å². The summed E-state index contributed by atoms with van der Waals surface area (Å²) >= 11 is 3.52. The van der Waals surface area contributed by atoms with Crippen LogP contribution in [0.4, 0.5) is 0 Å². The second-order valence-electron chi connectivity index (χ2n) is 7.62. The van der Waals surface area contributed by atoms with E-state index in [-0.39, 0.29) is 22.3 Å². The highest BCUT2D eigenvalue weighted by Gasteiger charge is 2.68. The molecule has 0 amide bonds. The molecule has 2 aliphatic carbocycles. The Kier molecular flexibility index (Phi) is 4.03. The molecule has 3 fully saturated rings. The number of likely N-dealkylation sites (N-methyl/N-ethyl adjacent to an activating group) is 1. The molecule has 2 saturated carbocycles. The predicted octanol–water partition coefficient (Wildman–Crippen LogP) is 1.33. The Bertz CT molecular complexity index is 588. The van der Waals surface area contributed by atoms with Crippen LogP contribution in [0.25, 0.3) is 0 Å². The lowest BCUT2D eigenvalue weighted by Crippen LogP contribution is -2.51. The molecule has 2 bridgehead atoms. The van der Waals surface area contributed by atoms with Gasteiger partial charge in [-0.25, -0.2) is 8.42 Å². The molecule has 0 unspecified atom stereocenters. The summed E-state index contributed by atoms with van der Waals surface area (Å²) in [5, 5.41) is 0. The fourth-order valence-electron chi connectivity index (χ4n) is 4.62. The molecule has 0 N–H and O–H groups in total. The minimum atomic E-state index is -3.33. The third-order valence-corrected chi connectivity index (χ3v) is 9.69. The number of piperazine rings is 1. The molecule has 7 heteroatoms. The first-order valence-electron chi connectivity index (χ1n) is 7.97. The fraction of sp³-hybridized carbons (Fsp3) is 0.933. The zero-order valence-electron chi connectivity index (χ0n) is 13.5. The summed E-state index contributed by atoms with van der Waals surface area (Å²) in [6, 6.07) is 0. The number of sulfonamides is 1. The number of hydrogen-bond donors (Lipinski definition) is 0. The summed E-state index contributed by atoms with van der Waals surface area (Å²) < 4.78 is 27.4. The lowest BCUT2D eigenvalue weighted by Gasteiger charge is -2.39. The van der Waals surface area contributed by atoms with Crippen molar-refractivity contribution in [2.45, 2.75) is 31.5 Å². The van der Waals surface area contributed by atoms with Crippen molar-refractivity contribution < 1.29 is 13.2 Å². The predicted molar refractivity (Wildman–Crippen MR) is 89.5 cm³/mol. The van der Waals surface area contributed by atoms with Crippen LogP contribution in [0.3, 0.4) is 0 Å². The van der Waals surface area contributed by atoms with E-state index < -0.39 is 20.9 Å². The molecule has 0 aromatic heterocycles. The molecule has 0 aromatic rings. The van der Waals surface area contributed by atoms with Crippen LogP contribution in [0.15, 0.2) is 0 Å². The largest absolute Gasteiger partial charge is 0.304 e. The number of Topliss-reactive ketones (excluding diaryl/α,β-unsaturated/α-hetero) is 1. The molecule has 22 heavy (non-hydrogen) atoms. The molecule has 126 valence electrons. The number of carbonyl (C=O) groups is 1. The molecule has 3 aliphatic rings. The monoisotopic (exact) mass is 392 g/mol. The number of halogens is 1. The molecule has 5 nitrogen and oxygen atoms in total. The summed E-state index contributed by atoms with van der Waals surface area (Å²) in [5.41, 5.74) is -0.966. The van der Waals surface area contributed by atoms with Gasteiger partial charge in [0.05, 0.1) is 10.6 Å². The van der Waals surface area contributed by atoms with Crippen LogP contribution in [0.5, 0.6) is 0 Å². The van der Waals surface area contributed by atoms with Crippen molar-refractivity contribution in [3.8, 4) is 0 Å². The quantitative estimate of drug-likeness (QED) is 0.679. The fourth-order valence-corrected chi connectivity index (χ4v) is 8.17. The Morgan fingerprint density at radius 1 is 1.23 bits per heavy atom. The Balaban J connectivity index is 1.85. The van der Waals surface area contributed by atoms with E-state index in [0.29, 0.717) is 13.1 Å². The summed E-state index contributed by atoms with van der Waals surface area (Å²) in [4.78, 5) is 14.5. The average molecular weight is 393 g/mol. The zero-order chi connectivity index (χ0) is 16.3. The number of carbonyl (C=O) groups excluding carboxylic acids is 1. The maximum atomic E-state index is 12.9. The van der Waals surface area contributed by atoms with Crippen LogP contribution in [-0.2, 0) is 14.8 Å². The zero-order valence-corrected chi connectivity index (χ0v) is 15.9. The highest BCUT2D eigenvalue weighted by Crippen LogP contribution is 2.65. The van der Waals surface area contributed by atoms with Gasteiger partial charge in [0.25, 0.3) is 0 Å². The van der Waals surface area contributed by atoms with E-state index in [1.54, 1.807) is 4.31 Å². The molecule has 1 saturated heterocycles. The van der Waals surface area contributed by atoms with Gasteiger partial charge in [0.2, 0.25) is 10.0 Å². The van der Waals surface area contributed by atoms with Crippen LogP contribution < -0.4 is 0 Å². The number of ketones is 1. The summed E-state index contributed by atoms with van der Waals surface area (Å²) in [6.07, 6.45) is 1.75. The molecule has 0 radical (unpaired) electrons. The van der Waals surface area contributed by atoms with Gasteiger partial charge in [-0.15, -0.1) is 0 Å². The van der Waals surface area contributed by atoms with Crippen LogP contribution in [-0.4, -0.2) is 67.2 Å². The van der Waals surface area contributed by atoms with Crippen molar-refractivity contribution in [1.29, 1.82) is 0 Å². The van der Waals surface area contributed by atoms with Crippen molar-refractivity contribution in [2.75, 3.05) is 39.0 Å². The van der Waals surface area contributed by atoms with Crippen LogP contribution in [0.1, 0.15) is 26.7 Å². The lowest BCUT2D eigenvalue weighted by atomic mass is 9.70. The van der Waals surface area contributed by atoms with E-state index >= 15 is 0 Å². The summed E-state index contributed by atoms with van der Waals surface area (Å²) in [5.74, 6) is 0.422. The summed E-state index contributed by atoms with van der Waals surface area (Å²) in [7, 11) is -1.31. The second kappa shape index (κ2) is 5.26. The van der Waals surface area contributed by atoms with Crippen molar-refractivity contribution in [3.05, 3.63) is 0 Å². The van der Waals surface area contributed by atoms with Gasteiger partial charge in [0.1, 0.15) is 0 Å². The van der Waals surface area contributed by atoms with Crippen LogP contribution >= 0.6 is 15.9 Å². The number of rotatable bonds is 3. The van der Waals surface area contributed by atoms with E-state index in [1.807, 2.05) is 20.9 Å². The maximum absolute atomic E-state index is 12.9. The Morgan fingerprint density at radius 3 is 2.32 bits per heavy atom. The van der Waals surface area contributed by atoms with Gasteiger partial charge in [0.15, 0.2) is 5.78 Å². The van der Waals surface area contributed by atoms with E-state index in [4.69, 9.17) is 0 Å². The normalized spacial score (nSPS) is 43.9. The van der Waals surface area contributed by atoms with Crippen molar-refractivity contribution in [1.82, 2.24) is 9.21 Å². The number of hydrogen-bond acceptors (Lipinski definition) is 4. The summed E-state index contributed by atoms with van der Waals surface area (Å²) in [6.45, 7) is 6.64. The van der Waals surface area contributed by atoms with Gasteiger partial charge < -0.3 is 4.90 Å². The Morgan fingerprint density at radius 2 is 1.82 bits per heavy atom. The highest BCUT2D eigenvalue weighted by atomic mass is 79.9. The van der Waals surface area contributed by atoms with Gasteiger partial charge >= 0.3 is 0 Å². The minimum Gasteiger partial charge on any atom is -0.304 e. The van der Waals surface area contributed by atoms with Gasteiger partial charge in [-0.3, -0.25) is 4.79 Å². The minimum absolute atomic E-state index is 0.0960. The third kappa shape index (κ3) is 2.23. The number of nitrogens with zero attached hydrogens (tertiary/aromatic N) is 2. The Labute approximate surface area is 141 Å². The van der Waals surface area contributed by atoms with Gasteiger partial charge in [-0.05, 0) is 31.2 Å². The van der Waals surface area contributed by atoms with Gasteiger partial charge in [-0.1, -0.05) is 29.8 Å². The first-order chi connectivity index (χ1) is 10.1. The molecule has 1 heterocycles. The molecule has 0 spiro atoms. The van der Waals surface area contributed by atoms with Crippen LogP contribution in [0.2, 0.25) is 0 Å². The van der Waals surface area contributed by atoms with Crippen molar-refractivity contribution >= 4 is 31.7 Å². The van der Waals surface area contributed by atoms with E-state index in [9.17, 15) is 13.2 Å². The topological polar surface area (TPSA) is 57.7 Å². The first kappa shape index (κ1) is 16.9. The van der Waals surface area contributed by atoms with Gasteiger partial charge in [0, 0.05) is 31.6 Å².